The van der Waals surface area contributed by atoms with Gasteiger partial charge in [-0.2, -0.15) is 5.26 Å². The summed E-state index contributed by atoms with van der Waals surface area (Å²) >= 11 is 0. The molecule has 0 saturated carbocycles. The minimum absolute atomic E-state index is 0.127. The molecule has 1 aliphatic heterocycles. The van der Waals surface area contributed by atoms with Crippen molar-refractivity contribution in [3.63, 3.8) is 0 Å². The number of benzene rings is 2. The molecule has 1 aromatic heterocycles. The molecule has 3 aromatic rings. The van der Waals surface area contributed by atoms with Gasteiger partial charge in [-0.05, 0) is 30.7 Å². The lowest BCUT2D eigenvalue weighted by molar-refractivity contribution is 0.251. The Labute approximate surface area is 180 Å². The lowest BCUT2D eigenvalue weighted by Gasteiger charge is -2.36. The predicted molar refractivity (Wildman–Crippen MR) is 118 cm³/mol. The maximum Gasteiger partial charge on any atom is 0.323 e. The van der Waals surface area contributed by atoms with E-state index < -0.39 is 10.0 Å². The van der Waals surface area contributed by atoms with Gasteiger partial charge >= 0.3 is 5.69 Å². The number of hydrogen-bond donors (Lipinski definition) is 2. The number of imidazole rings is 1. The van der Waals surface area contributed by atoms with Crippen LogP contribution in [-0.2, 0) is 10.0 Å². The third-order valence-corrected chi connectivity index (χ3v) is 7.23. The molecule has 0 atom stereocenters. The second kappa shape index (κ2) is 8.83. The van der Waals surface area contributed by atoms with E-state index in [1.807, 2.05) is 24.4 Å². The third-order valence-electron chi connectivity index (χ3n) is 5.52. The highest BCUT2D eigenvalue weighted by Crippen LogP contribution is 2.24. The van der Waals surface area contributed by atoms with Crippen molar-refractivity contribution in [1.82, 2.24) is 19.2 Å². The molecule has 31 heavy (non-hydrogen) atoms. The Kier molecular flexibility index (Phi) is 5.97. The van der Waals surface area contributed by atoms with Crippen LogP contribution in [0.5, 0.6) is 0 Å². The molecule has 9 nitrogen and oxygen atoms in total. The van der Waals surface area contributed by atoms with Gasteiger partial charge in [-0.15, -0.1) is 0 Å². The monoisotopic (exact) mass is 440 g/mol. The molecule has 1 aliphatic rings. The molecule has 1 fully saturated rings. The third kappa shape index (κ3) is 4.42. The number of hydrogen-bond acceptors (Lipinski definition) is 6. The van der Waals surface area contributed by atoms with Gasteiger partial charge in [0, 0.05) is 39.3 Å². The van der Waals surface area contributed by atoms with Crippen LogP contribution in [-0.4, -0.2) is 66.9 Å². The van der Waals surface area contributed by atoms with Gasteiger partial charge in [0.05, 0.1) is 21.6 Å². The average molecular weight is 441 g/mol. The SMILES string of the molecule is N#CN(CCCN1CCN(c2cccc3[nH]c(=O)[nH]c23)CC1)S(=O)(=O)c1ccccc1. The number of aromatic amines is 2. The number of aromatic nitrogens is 2. The minimum atomic E-state index is -3.80. The van der Waals surface area contributed by atoms with E-state index in [1.54, 1.807) is 18.2 Å². The van der Waals surface area contributed by atoms with Gasteiger partial charge in [0.2, 0.25) is 0 Å². The lowest BCUT2D eigenvalue weighted by atomic mass is 10.2. The molecule has 0 bridgehead atoms. The molecule has 2 heterocycles. The maximum atomic E-state index is 12.6. The molecule has 162 valence electrons. The summed E-state index contributed by atoms with van der Waals surface area (Å²) in [6.45, 7) is 4.11. The quantitative estimate of drug-likeness (QED) is 0.425. The zero-order chi connectivity index (χ0) is 21.8. The first-order valence-electron chi connectivity index (χ1n) is 10.1. The fraction of sp³-hybridized carbons (Fsp3) is 0.333. The van der Waals surface area contributed by atoms with Gasteiger partial charge in [-0.1, -0.05) is 24.3 Å². The van der Waals surface area contributed by atoms with Gasteiger partial charge in [0.15, 0.2) is 6.19 Å². The van der Waals surface area contributed by atoms with Crippen LogP contribution in [0.4, 0.5) is 5.69 Å². The van der Waals surface area contributed by atoms with Crippen LogP contribution >= 0.6 is 0 Å². The van der Waals surface area contributed by atoms with E-state index in [0.717, 1.165) is 47.2 Å². The van der Waals surface area contributed by atoms with E-state index in [9.17, 15) is 18.5 Å². The molecule has 1 saturated heterocycles. The minimum Gasteiger partial charge on any atom is -0.367 e. The van der Waals surface area contributed by atoms with Crippen molar-refractivity contribution in [1.29, 1.82) is 5.26 Å². The van der Waals surface area contributed by atoms with Gasteiger partial charge in [0.25, 0.3) is 10.0 Å². The Balaban J connectivity index is 1.31. The van der Waals surface area contributed by atoms with Crippen LogP contribution in [0, 0.1) is 11.5 Å². The van der Waals surface area contributed by atoms with E-state index >= 15 is 0 Å². The molecular weight excluding hydrogens is 416 g/mol. The largest absolute Gasteiger partial charge is 0.367 e. The first-order valence-corrected chi connectivity index (χ1v) is 11.6. The lowest BCUT2D eigenvalue weighted by Crippen LogP contribution is -2.47. The van der Waals surface area contributed by atoms with Crippen molar-refractivity contribution < 1.29 is 8.42 Å². The second-order valence-corrected chi connectivity index (χ2v) is 9.31. The van der Waals surface area contributed by atoms with Crippen molar-refractivity contribution in [2.45, 2.75) is 11.3 Å². The van der Waals surface area contributed by atoms with Crippen molar-refractivity contribution in [2.24, 2.45) is 0 Å². The topological polar surface area (TPSA) is 116 Å². The van der Waals surface area contributed by atoms with Crippen molar-refractivity contribution in [2.75, 3.05) is 44.2 Å². The van der Waals surface area contributed by atoms with E-state index in [1.165, 1.54) is 12.1 Å². The summed E-state index contributed by atoms with van der Waals surface area (Å²) in [6, 6.07) is 13.8. The number of sulfonamides is 1. The number of nitrogens with zero attached hydrogens (tertiary/aromatic N) is 4. The molecule has 0 spiro atoms. The number of H-pyrrole nitrogens is 2. The normalized spacial score (nSPS) is 15.1. The van der Waals surface area contributed by atoms with Crippen LogP contribution in [0.1, 0.15) is 6.42 Å². The molecule has 2 N–H and O–H groups in total. The predicted octanol–water partition coefficient (Wildman–Crippen LogP) is 1.54. The van der Waals surface area contributed by atoms with E-state index in [2.05, 4.69) is 19.8 Å². The molecule has 2 aromatic carbocycles. The van der Waals surface area contributed by atoms with Crippen LogP contribution < -0.4 is 10.6 Å². The van der Waals surface area contributed by atoms with Crippen LogP contribution in [0.3, 0.4) is 0 Å². The number of fused-ring (bicyclic) bond motifs is 1. The number of para-hydroxylation sites is 1. The number of anilines is 1. The summed E-state index contributed by atoms with van der Waals surface area (Å²) in [4.78, 5) is 21.9. The Bertz CT molecular complexity index is 1240. The number of nitrogens with one attached hydrogen (secondary N) is 2. The highest BCUT2D eigenvalue weighted by molar-refractivity contribution is 7.89. The van der Waals surface area contributed by atoms with E-state index in [4.69, 9.17) is 0 Å². The summed E-state index contributed by atoms with van der Waals surface area (Å²) in [6.07, 6.45) is 2.38. The van der Waals surface area contributed by atoms with Gasteiger partial charge in [-0.3, -0.25) is 4.90 Å². The molecule has 0 amide bonds. The van der Waals surface area contributed by atoms with Gasteiger partial charge in [-0.25, -0.2) is 17.5 Å². The Morgan fingerprint density at radius 2 is 1.74 bits per heavy atom. The van der Waals surface area contributed by atoms with Crippen molar-refractivity contribution >= 4 is 26.7 Å². The standard InChI is InChI=1S/C21H24N6O3S/c22-16-27(31(29,30)17-6-2-1-3-7-17)11-5-10-25-12-14-26(15-13-25)19-9-4-8-18-20(19)24-21(28)23-18/h1-4,6-9H,5,10-15H2,(H2,23,24,28). The molecular formula is C21H24N6O3S. The van der Waals surface area contributed by atoms with Gasteiger partial charge in [0.1, 0.15) is 0 Å². The Morgan fingerprint density at radius 3 is 2.45 bits per heavy atom. The van der Waals surface area contributed by atoms with E-state index in [-0.39, 0.29) is 17.1 Å². The molecule has 0 radical (unpaired) electrons. The summed E-state index contributed by atoms with van der Waals surface area (Å²) < 4.78 is 26.1. The highest BCUT2D eigenvalue weighted by atomic mass is 32.2. The first-order chi connectivity index (χ1) is 15.0. The summed E-state index contributed by atoms with van der Waals surface area (Å²) in [5.74, 6) is 0. The van der Waals surface area contributed by atoms with Crippen LogP contribution in [0.15, 0.2) is 58.2 Å². The summed E-state index contributed by atoms with van der Waals surface area (Å²) in [5, 5.41) is 9.36. The Hall–Kier alpha value is -3.29. The fourth-order valence-electron chi connectivity index (χ4n) is 3.90. The van der Waals surface area contributed by atoms with Crippen molar-refractivity contribution in [3.05, 3.63) is 59.0 Å². The number of nitriles is 1. The second-order valence-electron chi connectivity index (χ2n) is 7.45. The molecule has 0 aliphatic carbocycles. The zero-order valence-electron chi connectivity index (χ0n) is 17.0. The summed E-state index contributed by atoms with van der Waals surface area (Å²) in [5.41, 5.74) is 2.39. The Morgan fingerprint density at radius 1 is 1.00 bits per heavy atom. The smallest absolute Gasteiger partial charge is 0.323 e. The summed E-state index contributed by atoms with van der Waals surface area (Å²) in [7, 11) is -3.80. The van der Waals surface area contributed by atoms with Gasteiger partial charge < -0.3 is 14.9 Å². The van der Waals surface area contributed by atoms with Crippen LogP contribution in [0.2, 0.25) is 0 Å². The molecule has 0 unspecified atom stereocenters. The number of piperazine rings is 1. The highest BCUT2D eigenvalue weighted by Gasteiger charge is 2.24. The average Bonchev–Trinajstić information content (AvgIpc) is 3.18. The molecule has 4 rings (SSSR count). The van der Waals surface area contributed by atoms with E-state index in [0.29, 0.717) is 13.0 Å². The first kappa shape index (κ1) is 21.0. The maximum absolute atomic E-state index is 12.6. The molecule has 10 heteroatoms. The number of rotatable bonds is 7. The fourth-order valence-corrected chi connectivity index (χ4v) is 5.13. The zero-order valence-corrected chi connectivity index (χ0v) is 17.8. The van der Waals surface area contributed by atoms with Crippen LogP contribution in [0.25, 0.3) is 11.0 Å². The van der Waals surface area contributed by atoms with Crippen molar-refractivity contribution in [3.8, 4) is 6.19 Å².